The first-order valence-corrected chi connectivity index (χ1v) is 16.4. The first kappa shape index (κ1) is 39.2. The van der Waals surface area contributed by atoms with Crippen molar-refractivity contribution in [3.63, 3.8) is 0 Å². The molecule has 1 aliphatic heterocycles. The standard InChI is InChI=1S/C18H28ClN3.C17H21N3O.C2H6/c1-4-9-20(5-2)15-16(3)21-10-12-22(13-11-21)18-8-6-7-17(19)14-18;1-4-6-8-15(5-2)12-19-20-17-10-7-9-16(18-13-21)11-14(17)3;1-2/h6-8,14H,3-5,9-13,15H2,1-2H3;4-13,17,20H,2H2,1,3H3,(H,18,21);1-2H3/b;6-4-,15-8+,19-12+;. The van der Waals surface area contributed by atoms with Crippen LogP contribution in [0.5, 0.6) is 0 Å². The predicted octanol–water partition coefficient (Wildman–Crippen LogP) is 7.50. The molecule has 1 aliphatic carbocycles. The van der Waals surface area contributed by atoms with E-state index in [4.69, 9.17) is 11.6 Å². The van der Waals surface area contributed by atoms with Crippen LogP contribution in [-0.2, 0) is 4.79 Å². The Labute approximate surface area is 278 Å². The number of allylic oxidation sites excluding steroid dienone is 8. The van der Waals surface area contributed by atoms with Crippen molar-refractivity contribution >= 4 is 29.9 Å². The van der Waals surface area contributed by atoms with Gasteiger partial charge in [-0.1, -0.05) is 95.0 Å². The van der Waals surface area contributed by atoms with Gasteiger partial charge in [-0.25, -0.2) is 0 Å². The minimum atomic E-state index is -0.0174. The van der Waals surface area contributed by atoms with Crippen molar-refractivity contribution in [3.05, 3.63) is 114 Å². The fourth-order valence-corrected chi connectivity index (χ4v) is 4.83. The molecular weight excluding hydrogens is 580 g/mol. The Morgan fingerprint density at radius 2 is 1.93 bits per heavy atom. The second-order valence-corrected chi connectivity index (χ2v) is 10.7. The van der Waals surface area contributed by atoms with Gasteiger partial charge >= 0.3 is 0 Å². The Bertz CT molecular complexity index is 1220. The zero-order valence-electron chi connectivity index (χ0n) is 28.3. The number of hydrogen-bond donors (Lipinski definition) is 2. The zero-order chi connectivity index (χ0) is 33.5. The van der Waals surface area contributed by atoms with Crippen LogP contribution in [0.15, 0.2) is 114 Å². The van der Waals surface area contributed by atoms with Crippen molar-refractivity contribution in [2.24, 2.45) is 5.10 Å². The van der Waals surface area contributed by atoms with Crippen molar-refractivity contribution < 1.29 is 4.79 Å². The summed E-state index contributed by atoms with van der Waals surface area (Å²) in [6.07, 6.45) is 18.7. The molecule has 8 heteroatoms. The van der Waals surface area contributed by atoms with Gasteiger partial charge in [0.1, 0.15) is 0 Å². The molecule has 45 heavy (non-hydrogen) atoms. The van der Waals surface area contributed by atoms with Crippen LogP contribution >= 0.6 is 11.6 Å². The second kappa shape index (κ2) is 23.6. The Morgan fingerprint density at radius 1 is 1.20 bits per heavy atom. The van der Waals surface area contributed by atoms with E-state index in [0.717, 1.165) is 67.7 Å². The van der Waals surface area contributed by atoms with E-state index in [2.05, 4.69) is 63.6 Å². The molecule has 1 aromatic rings. The summed E-state index contributed by atoms with van der Waals surface area (Å²) in [7, 11) is 0. The molecule has 2 aliphatic rings. The van der Waals surface area contributed by atoms with Crippen LogP contribution < -0.4 is 15.6 Å². The van der Waals surface area contributed by atoms with Gasteiger partial charge < -0.3 is 15.1 Å². The molecular formula is C37H55ClN6O. The fourth-order valence-electron chi connectivity index (χ4n) is 4.65. The lowest BCUT2D eigenvalue weighted by molar-refractivity contribution is -0.108. The number of nitrogens with one attached hydrogen (secondary N) is 2. The molecule has 1 amide bonds. The lowest BCUT2D eigenvalue weighted by Gasteiger charge is -2.39. The quantitative estimate of drug-likeness (QED) is 0.0960. The summed E-state index contributed by atoms with van der Waals surface area (Å²) in [6, 6.07) is 8.11. The summed E-state index contributed by atoms with van der Waals surface area (Å²) in [5, 5.41) is 7.68. The maximum Gasteiger partial charge on any atom is 0.211 e. The number of piperazine rings is 1. The average Bonchev–Trinajstić information content (AvgIpc) is 3.23. The molecule has 7 nitrogen and oxygen atoms in total. The van der Waals surface area contributed by atoms with E-state index in [1.54, 1.807) is 12.3 Å². The molecule has 0 radical (unpaired) electrons. The van der Waals surface area contributed by atoms with E-state index in [9.17, 15) is 4.79 Å². The van der Waals surface area contributed by atoms with Crippen molar-refractivity contribution in [2.75, 3.05) is 50.7 Å². The molecule has 0 spiro atoms. The first-order valence-electron chi connectivity index (χ1n) is 16.0. The number of benzene rings is 1. The van der Waals surface area contributed by atoms with Gasteiger partial charge in [0.25, 0.3) is 0 Å². The summed E-state index contributed by atoms with van der Waals surface area (Å²) < 4.78 is 0. The highest BCUT2D eigenvalue weighted by atomic mass is 35.5. The molecule has 0 aromatic heterocycles. The normalized spacial score (nSPS) is 16.6. The SMILES string of the molecule is C=C(CN(CC)CCC)N1CCN(c2cccc(Cl)c2)CC1.C=CC(/C=N/NC1C=CC=C(NC=O)C=C1C)=C\C=C/C.CC. The van der Waals surface area contributed by atoms with Crippen LogP contribution in [0.1, 0.15) is 48.0 Å². The summed E-state index contributed by atoms with van der Waals surface area (Å²) >= 11 is 6.09. The number of likely N-dealkylation sites (N-methyl/N-ethyl adjacent to an activating group) is 1. The van der Waals surface area contributed by atoms with Gasteiger partial charge in [0.05, 0.1) is 12.3 Å². The number of anilines is 1. The number of amides is 1. The minimum absolute atomic E-state index is 0.0174. The maximum atomic E-state index is 10.5. The van der Waals surface area contributed by atoms with Gasteiger partial charge in [-0.3, -0.25) is 15.1 Å². The van der Waals surface area contributed by atoms with E-state index in [1.807, 2.05) is 88.4 Å². The van der Waals surface area contributed by atoms with E-state index in [1.165, 1.54) is 17.8 Å². The zero-order valence-corrected chi connectivity index (χ0v) is 29.1. The number of hydrazone groups is 1. The number of rotatable bonds is 14. The average molecular weight is 635 g/mol. The second-order valence-electron chi connectivity index (χ2n) is 10.3. The van der Waals surface area contributed by atoms with Crippen molar-refractivity contribution in [3.8, 4) is 0 Å². The molecule has 0 saturated carbocycles. The van der Waals surface area contributed by atoms with E-state index < -0.39 is 0 Å². The first-order chi connectivity index (χ1) is 21.8. The van der Waals surface area contributed by atoms with Crippen LogP contribution in [0.25, 0.3) is 0 Å². The van der Waals surface area contributed by atoms with Gasteiger partial charge in [0.2, 0.25) is 6.41 Å². The molecule has 1 heterocycles. The van der Waals surface area contributed by atoms with Gasteiger partial charge in [-0.2, -0.15) is 5.10 Å². The Kier molecular flexibility index (Phi) is 20.5. The number of halogens is 1. The number of nitrogens with zero attached hydrogens (tertiary/aromatic N) is 4. The van der Waals surface area contributed by atoms with Crippen LogP contribution in [0.4, 0.5) is 5.69 Å². The number of hydrogen-bond acceptors (Lipinski definition) is 6. The van der Waals surface area contributed by atoms with E-state index in [-0.39, 0.29) is 6.04 Å². The lowest BCUT2D eigenvalue weighted by Crippen LogP contribution is -2.47. The predicted molar refractivity (Wildman–Crippen MR) is 197 cm³/mol. The van der Waals surface area contributed by atoms with Gasteiger partial charge in [-0.15, -0.1) is 0 Å². The highest BCUT2D eigenvalue weighted by Gasteiger charge is 2.19. The molecule has 0 bridgehead atoms. The van der Waals surface area contributed by atoms with Crippen LogP contribution in [0, 0.1) is 0 Å². The molecule has 2 N–H and O–H groups in total. The van der Waals surface area contributed by atoms with Gasteiger partial charge in [0.15, 0.2) is 0 Å². The highest BCUT2D eigenvalue weighted by molar-refractivity contribution is 6.30. The largest absolute Gasteiger partial charge is 0.371 e. The third-order valence-corrected chi connectivity index (χ3v) is 7.35. The monoisotopic (exact) mass is 634 g/mol. The lowest BCUT2D eigenvalue weighted by atomic mass is 10.1. The summed E-state index contributed by atoms with van der Waals surface area (Å²) in [4.78, 5) is 17.8. The van der Waals surface area contributed by atoms with Crippen molar-refractivity contribution in [1.82, 2.24) is 20.5 Å². The molecule has 1 fully saturated rings. The van der Waals surface area contributed by atoms with E-state index >= 15 is 0 Å². The highest BCUT2D eigenvalue weighted by Crippen LogP contribution is 2.21. The molecule has 1 unspecified atom stereocenters. The van der Waals surface area contributed by atoms with Crippen LogP contribution in [0.3, 0.4) is 0 Å². The smallest absolute Gasteiger partial charge is 0.211 e. The van der Waals surface area contributed by atoms with Crippen molar-refractivity contribution in [2.45, 2.75) is 54.0 Å². The van der Waals surface area contributed by atoms with Gasteiger partial charge in [-0.05, 0) is 74.9 Å². The summed E-state index contributed by atoms with van der Waals surface area (Å²) in [5.74, 6) is 0. The molecule has 3 rings (SSSR count). The molecule has 1 atom stereocenters. The number of carbonyl (C=O) groups is 1. The molecule has 1 aromatic carbocycles. The fraction of sp³-hybridized carbons (Fsp3) is 0.405. The minimum Gasteiger partial charge on any atom is -0.371 e. The maximum absolute atomic E-state index is 10.5. The van der Waals surface area contributed by atoms with Crippen LogP contribution in [0.2, 0.25) is 5.02 Å². The van der Waals surface area contributed by atoms with E-state index in [0.29, 0.717) is 6.41 Å². The van der Waals surface area contributed by atoms with Gasteiger partial charge in [0, 0.05) is 54.8 Å². The Balaban J connectivity index is 0.000000427. The third kappa shape index (κ3) is 15.2. The number of carbonyl (C=O) groups excluding carboxylic acids is 1. The third-order valence-electron chi connectivity index (χ3n) is 7.12. The summed E-state index contributed by atoms with van der Waals surface area (Å²) in [5.41, 5.74) is 8.27. The van der Waals surface area contributed by atoms with Crippen molar-refractivity contribution in [1.29, 1.82) is 0 Å². The Hall–Kier alpha value is -3.81. The Morgan fingerprint density at radius 3 is 2.53 bits per heavy atom. The molecule has 1 saturated heterocycles. The molecule has 246 valence electrons. The van der Waals surface area contributed by atoms with Crippen LogP contribution in [-0.4, -0.2) is 74.3 Å². The summed E-state index contributed by atoms with van der Waals surface area (Å²) in [6.45, 7) is 27.8. The topological polar surface area (TPSA) is 63.2 Å².